The van der Waals surface area contributed by atoms with Gasteiger partial charge in [0.05, 0.1) is 18.1 Å². The molecule has 0 aliphatic carbocycles. The minimum Gasteiger partial charge on any atom is -0.467 e. The molecule has 2 aromatic carbocycles. The number of unbranched alkanes of at least 4 members (excludes halogenated alkanes) is 2. The lowest BCUT2D eigenvalue weighted by molar-refractivity contribution is -0.143. The predicted octanol–water partition coefficient (Wildman–Crippen LogP) is 4.00. The average molecular weight is 425 g/mol. The molecule has 8 nitrogen and oxygen atoms in total. The van der Waals surface area contributed by atoms with Gasteiger partial charge < -0.3 is 25.1 Å². The van der Waals surface area contributed by atoms with Gasteiger partial charge in [0.15, 0.2) is 0 Å². The number of imidazole rings is 1. The monoisotopic (exact) mass is 424 g/mol. The Morgan fingerprint density at radius 3 is 2.58 bits per heavy atom. The summed E-state index contributed by atoms with van der Waals surface area (Å²) in [5, 5.41) is 5.88. The zero-order valence-electron chi connectivity index (χ0n) is 17.6. The molecule has 8 heteroatoms. The van der Waals surface area contributed by atoms with Gasteiger partial charge in [-0.3, -0.25) is 0 Å². The number of para-hydroxylation sites is 2. The summed E-state index contributed by atoms with van der Waals surface area (Å²) in [6.45, 7) is 0.906. The van der Waals surface area contributed by atoms with Gasteiger partial charge in [-0.15, -0.1) is 0 Å². The molecule has 31 heavy (non-hydrogen) atoms. The Morgan fingerprint density at radius 2 is 1.81 bits per heavy atom. The lowest BCUT2D eigenvalue weighted by Gasteiger charge is -2.16. The van der Waals surface area contributed by atoms with E-state index in [1.807, 2.05) is 54.6 Å². The standard InChI is InChI=1S/C23H28N4O4/c1-30-21(28)20(27-23(29)31-16-17-10-4-2-5-11-17)14-6-3-9-15-24-22-25-18-12-7-8-13-19(18)26-22/h2,4-5,7-8,10-13,20H,3,6,9,14-16H2,1H3,(H,27,29)(H2,24,25,26)/t20-/m0/s1. The van der Waals surface area contributed by atoms with Crippen LogP contribution in [0, 0.1) is 0 Å². The van der Waals surface area contributed by atoms with Crippen LogP contribution in [0.5, 0.6) is 0 Å². The van der Waals surface area contributed by atoms with Gasteiger partial charge >= 0.3 is 12.1 Å². The number of hydrogen-bond acceptors (Lipinski definition) is 6. The van der Waals surface area contributed by atoms with Crippen molar-refractivity contribution < 1.29 is 19.1 Å². The van der Waals surface area contributed by atoms with Crippen LogP contribution in [-0.4, -0.2) is 41.7 Å². The number of benzene rings is 2. The number of H-pyrrole nitrogens is 1. The average Bonchev–Trinajstić information content (AvgIpc) is 3.22. The second-order valence-corrected chi connectivity index (χ2v) is 7.16. The zero-order valence-corrected chi connectivity index (χ0v) is 17.6. The lowest BCUT2D eigenvalue weighted by atomic mass is 10.1. The first-order chi connectivity index (χ1) is 15.2. The van der Waals surface area contributed by atoms with Crippen molar-refractivity contribution in [3.8, 4) is 0 Å². The van der Waals surface area contributed by atoms with Crippen LogP contribution >= 0.6 is 0 Å². The summed E-state index contributed by atoms with van der Waals surface area (Å²) in [6, 6.07) is 16.5. The Morgan fingerprint density at radius 1 is 1.03 bits per heavy atom. The van der Waals surface area contributed by atoms with Gasteiger partial charge in [0.25, 0.3) is 0 Å². The van der Waals surface area contributed by atoms with E-state index < -0.39 is 18.1 Å². The van der Waals surface area contributed by atoms with Crippen molar-refractivity contribution in [2.24, 2.45) is 0 Å². The Labute approximate surface area is 181 Å². The van der Waals surface area contributed by atoms with E-state index in [-0.39, 0.29) is 6.61 Å². The summed E-state index contributed by atoms with van der Waals surface area (Å²) in [5.41, 5.74) is 2.80. The van der Waals surface area contributed by atoms with Crippen LogP contribution in [0.3, 0.4) is 0 Å². The third-order valence-electron chi connectivity index (χ3n) is 4.84. The number of fused-ring (bicyclic) bond motifs is 1. The number of methoxy groups -OCH3 is 1. The summed E-state index contributed by atoms with van der Waals surface area (Å²) in [4.78, 5) is 31.7. The van der Waals surface area contributed by atoms with Crippen LogP contribution in [0.25, 0.3) is 11.0 Å². The molecule has 1 aromatic heterocycles. The molecular formula is C23H28N4O4. The van der Waals surface area contributed by atoms with E-state index in [2.05, 4.69) is 20.6 Å². The maximum absolute atomic E-state index is 12.1. The van der Waals surface area contributed by atoms with Crippen molar-refractivity contribution in [1.29, 1.82) is 0 Å². The molecule has 1 heterocycles. The molecule has 0 aliphatic rings. The van der Waals surface area contributed by atoms with Crippen molar-refractivity contribution in [2.75, 3.05) is 19.0 Å². The molecule has 0 radical (unpaired) electrons. The van der Waals surface area contributed by atoms with Crippen molar-refractivity contribution >= 4 is 29.0 Å². The van der Waals surface area contributed by atoms with Gasteiger partial charge in [-0.05, 0) is 30.5 Å². The highest BCUT2D eigenvalue weighted by Gasteiger charge is 2.21. The molecule has 0 fully saturated rings. The number of carbonyl (C=O) groups is 2. The summed E-state index contributed by atoms with van der Waals surface area (Å²) in [7, 11) is 1.31. The molecule has 0 bridgehead atoms. The zero-order chi connectivity index (χ0) is 21.9. The molecule has 164 valence electrons. The number of anilines is 1. The van der Waals surface area contributed by atoms with E-state index in [1.165, 1.54) is 7.11 Å². The van der Waals surface area contributed by atoms with Crippen LogP contribution in [0.2, 0.25) is 0 Å². The van der Waals surface area contributed by atoms with Crippen LogP contribution < -0.4 is 10.6 Å². The molecule has 0 saturated heterocycles. The van der Waals surface area contributed by atoms with E-state index in [0.29, 0.717) is 6.42 Å². The number of nitrogens with zero attached hydrogens (tertiary/aromatic N) is 1. The van der Waals surface area contributed by atoms with Gasteiger partial charge in [0.2, 0.25) is 5.95 Å². The molecule has 0 aliphatic heterocycles. The fourth-order valence-electron chi connectivity index (χ4n) is 3.19. The van der Waals surface area contributed by atoms with Crippen LogP contribution in [-0.2, 0) is 20.9 Å². The van der Waals surface area contributed by atoms with E-state index in [4.69, 9.17) is 9.47 Å². The third-order valence-corrected chi connectivity index (χ3v) is 4.84. The molecule has 0 spiro atoms. The van der Waals surface area contributed by atoms with E-state index in [1.54, 1.807) is 0 Å². The highest BCUT2D eigenvalue weighted by atomic mass is 16.6. The summed E-state index contributed by atoms with van der Waals surface area (Å²) in [6.07, 6.45) is 2.41. The van der Waals surface area contributed by atoms with Crippen LogP contribution in [0.15, 0.2) is 54.6 Å². The van der Waals surface area contributed by atoms with E-state index in [9.17, 15) is 9.59 Å². The first-order valence-corrected chi connectivity index (χ1v) is 10.4. The number of nitrogens with one attached hydrogen (secondary N) is 3. The minimum atomic E-state index is -0.725. The van der Waals surface area contributed by atoms with Crippen molar-refractivity contribution in [2.45, 2.75) is 38.3 Å². The van der Waals surface area contributed by atoms with Gasteiger partial charge in [-0.2, -0.15) is 0 Å². The minimum absolute atomic E-state index is 0.147. The largest absolute Gasteiger partial charge is 0.467 e. The van der Waals surface area contributed by atoms with E-state index >= 15 is 0 Å². The fourth-order valence-corrected chi connectivity index (χ4v) is 3.19. The maximum atomic E-state index is 12.1. The molecule has 3 aromatic rings. The van der Waals surface area contributed by atoms with Crippen molar-refractivity contribution in [3.63, 3.8) is 0 Å². The van der Waals surface area contributed by atoms with E-state index in [0.717, 1.165) is 48.4 Å². The summed E-state index contributed by atoms with van der Waals surface area (Å²) in [5.74, 6) is 0.272. The first-order valence-electron chi connectivity index (χ1n) is 10.4. The van der Waals surface area contributed by atoms with Gasteiger partial charge in [-0.1, -0.05) is 55.3 Å². The number of hydrogen-bond donors (Lipinski definition) is 3. The molecule has 0 saturated carbocycles. The molecule has 1 atom stereocenters. The normalized spacial score (nSPS) is 11.6. The second-order valence-electron chi connectivity index (χ2n) is 7.16. The van der Waals surface area contributed by atoms with Crippen LogP contribution in [0.4, 0.5) is 10.7 Å². The number of amides is 1. The van der Waals surface area contributed by atoms with Gasteiger partial charge in [0, 0.05) is 6.54 Å². The third kappa shape index (κ3) is 7.02. The van der Waals surface area contributed by atoms with Crippen LogP contribution in [0.1, 0.15) is 31.2 Å². The fraction of sp³-hybridized carbons (Fsp3) is 0.348. The first kappa shape index (κ1) is 22.1. The van der Waals surface area contributed by atoms with Gasteiger partial charge in [-0.25, -0.2) is 14.6 Å². The molecule has 3 N–H and O–H groups in total. The van der Waals surface area contributed by atoms with Crippen molar-refractivity contribution in [3.05, 3.63) is 60.2 Å². The maximum Gasteiger partial charge on any atom is 0.408 e. The number of rotatable bonds is 11. The lowest BCUT2D eigenvalue weighted by Crippen LogP contribution is -2.41. The molecule has 1 amide bonds. The SMILES string of the molecule is COC(=O)[C@H](CCCCCNc1nc2ccccc2[nH]1)NC(=O)OCc1ccccc1. The Hall–Kier alpha value is -3.55. The Kier molecular flexibility index (Phi) is 8.28. The summed E-state index contributed by atoms with van der Waals surface area (Å²) >= 11 is 0. The number of alkyl carbamates (subject to hydrolysis) is 1. The molecular weight excluding hydrogens is 396 g/mol. The molecule has 3 rings (SSSR count). The second kappa shape index (κ2) is 11.6. The number of ether oxygens (including phenoxy) is 2. The summed E-state index contributed by atoms with van der Waals surface area (Å²) < 4.78 is 10.0. The predicted molar refractivity (Wildman–Crippen MR) is 119 cm³/mol. The topological polar surface area (TPSA) is 105 Å². The number of aromatic amines is 1. The number of esters is 1. The molecule has 0 unspecified atom stereocenters. The Bertz CT molecular complexity index is 941. The Balaban J connectivity index is 1.35. The highest BCUT2D eigenvalue weighted by molar-refractivity contribution is 5.81. The van der Waals surface area contributed by atoms with Gasteiger partial charge in [0.1, 0.15) is 12.6 Å². The van der Waals surface area contributed by atoms with Crippen molar-refractivity contribution in [1.82, 2.24) is 15.3 Å². The highest BCUT2D eigenvalue weighted by Crippen LogP contribution is 2.13. The quantitative estimate of drug-likeness (QED) is 0.317. The smallest absolute Gasteiger partial charge is 0.408 e. The number of aromatic nitrogens is 2. The number of carbonyl (C=O) groups excluding carboxylic acids is 2.